The minimum atomic E-state index is -1.79. The summed E-state index contributed by atoms with van der Waals surface area (Å²) in [5, 5.41) is 0.761. The topological polar surface area (TPSA) is 70.8 Å². The van der Waals surface area contributed by atoms with Crippen molar-refractivity contribution in [3.8, 4) is 0 Å². The van der Waals surface area contributed by atoms with Crippen molar-refractivity contribution in [2.45, 2.75) is 18.6 Å². The zero-order chi connectivity index (χ0) is 27.6. The molecule has 6 nitrogen and oxygen atoms in total. The molecule has 1 spiro atoms. The van der Waals surface area contributed by atoms with Gasteiger partial charge in [0.25, 0.3) is 11.8 Å². The summed E-state index contributed by atoms with van der Waals surface area (Å²) >= 11 is 6.47. The molecule has 4 aromatic carbocycles. The number of fused-ring (bicyclic) bond motifs is 5. The largest absolute Gasteiger partial charge is 0.450 e. The molecule has 7 rings (SSSR count). The molecule has 1 unspecified atom stereocenters. The van der Waals surface area contributed by atoms with Gasteiger partial charge in [-0.15, -0.1) is 0 Å². The quantitative estimate of drug-likeness (QED) is 0.274. The lowest BCUT2D eigenvalue weighted by atomic mass is 9.83. The molecule has 1 aromatic heterocycles. The zero-order valence-electron chi connectivity index (χ0n) is 20.9. The first-order valence-corrected chi connectivity index (χ1v) is 13.1. The molecule has 0 fully saturated rings. The number of carbonyl (C=O) groups is 2. The van der Waals surface area contributed by atoms with Gasteiger partial charge < -0.3 is 14.2 Å². The fourth-order valence-electron chi connectivity index (χ4n) is 5.89. The number of hydrogen-bond donors (Lipinski definition) is 0. The number of anilines is 1. The second kappa shape index (κ2) is 8.89. The van der Waals surface area contributed by atoms with Crippen molar-refractivity contribution in [2.75, 3.05) is 4.90 Å². The second-order valence-corrected chi connectivity index (χ2v) is 10.3. The summed E-state index contributed by atoms with van der Waals surface area (Å²) in [7, 11) is 0. The van der Waals surface area contributed by atoms with Crippen LogP contribution in [-0.4, -0.2) is 16.7 Å². The number of halogens is 2. The fourth-order valence-corrected chi connectivity index (χ4v) is 6.08. The van der Waals surface area contributed by atoms with Crippen molar-refractivity contribution in [3.05, 3.63) is 146 Å². The van der Waals surface area contributed by atoms with Gasteiger partial charge in [0.2, 0.25) is 5.76 Å². The number of para-hydroxylation sites is 2. The van der Waals surface area contributed by atoms with Gasteiger partial charge in [-0.2, -0.15) is 0 Å². The van der Waals surface area contributed by atoms with Gasteiger partial charge in [0.15, 0.2) is 11.0 Å². The number of hydrogen-bond acceptors (Lipinski definition) is 4. The first-order chi connectivity index (χ1) is 19.4. The van der Waals surface area contributed by atoms with Crippen LogP contribution in [0.15, 0.2) is 106 Å². The highest BCUT2D eigenvalue weighted by Crippen LogP contribution is 2.53. The van der Waals surface area contributed by atoms with Crippen LogP contribution in [0, 0.1) is 5.82 Å². The van der Waals surface area contributed by atoms with E-state index in [0.717, 1.165) is 0 Å². The first kappa shape index (κ1) is 24.3. The van der Waals surface area contributed by atoms with Crippen molar-refractivity contribution in [2.24, 2.45) is 0 Å². The second-order valence-electron chi connectivity index (χ2n) is 9.86. The number of carbonyl (C=O) groups excluding carboxylic acids is 2. The lowest BCUT2D eigenvalue weighted by molar-refractivity contribution is -0.126. The van der Waals surface area contributed by atoms with E-state index in [4.69, 9.17) is 16.0 Å². The van der Waals surface area contributed by atoms with Gasteiger partial charge >= 0.3 is 0 Å². The van der Waals surface area contributed by atoms with Crippen LogP contribution in [0.4, 0.5) is 10.1 Å². The number of benzene rings is 4. The van der Waals surface area contributed by atoms with E-state index >= 15 is 0 Å². The molecule has 1 atom stereocenters. The molecular formula is C32H20ClFN2O4. The summed E-state index contributed by atoms with van der Waals surface area (Å²) in [6.45, 7) is 0.0726. The molecule has 2 aliphatic rings. The molecule has 3 heterocycles. The van der Waals surface area contributed by atoms with Crippen LogP contribution in [0.5, 0.6) is 0 Å². The molecule has 0 saturated heterocycles. The molecule has 0 radical (unpaired) electrons. The predicted octanol–water partition coefficient (Wildman–Crippen LogP) is 6.03. The Morgan fingerprint density at radius 1 is 0.800 bits per heavy atom. The van der Waals surface area contributed by atoms with Gasteiger partial charge in [-0.3, -0.25) is 14.4 Å². The third kappa shape index (κ3) is 3.31. The molecule has 2 amide bonds. The van der Waals surface area contributed by atoms with E-state index < -0.39 is 28.6 Å². The molecule has 0 aliphatic carbocycles. The summed E-state index contributed by atoms with van der Waals surface area (Å²) in [5.74, 6) is -1.66. The van der Waals surface area contributed by atoms with Crippen LogP contribution in [-0.2, 0) is 23.4 Å². The van der Waals surface area contributed by atoms with Crippen molar-refractivity contribution in [1.29, 1.82) is 0 Å². The van der Waals surface area contributed by atoms with Crippen LogP contribution in [0.3, 0.4) is 0 Å². The van der Waals surface area contributed by atoms with Gasteiger partial charge in [-0.05, 0) is 47.5 Å². The van der Waals surface area contributed by atoms with E-state index in [1.54, 1.807) is 77.7 Å². The Kier molecular flexibility index (Phi) is 5.40. The summed E-state index contributed by atoms with van der Waals surface area (Å²) in [6.07, 6.45) is 0. The average molecular weight is 551 g/mol. The van der Waals surface area contributed by atoms with E-state index in [9.17, 15) is 18.8 Å². The Morgan fingerprint density at radius 2 is 1.50 bits per heavy atom. The van der Waals surface area contributed by atoms with Gasteiger partial charge in [-0.25, -0.2) is 4.39 Å². The maximum absolute atomic E-state index is 14.8. The van der Waals surface area contributed by atoms with Crippen molar-refractivity contribution in [1.82, 2.24) is 4.90 Å². The summed E-state index contributed by atoms with van der Waals surface area (Å²) in [6, 6.07) is 26.7. The van der Waals surface area contributed by atoms with E-state index in [1.165, 1.54) is 17.0 Å². The third-order valence-electron chi connectivity index (χ3n) is 7.68. The molecule has 2 aliphatic heterocycles. The number of amides is 2. The molecule has 196 valence electrons. The minimum absolute atomic E-state index is 0.0163. The van der Waals surface area contributed by atoms with Crippen molar-refractivity contribution in [3.63, 3.8) is 0 Å². The van der Waals surface area contributed by atoms with Crippen molar-refractivity contribution >= 4 is 40.1 Å². The van der Waals surface area contributed by atoms with E-state index in [1.807, 2.05) is 12.1 Å². The van der Waals surface area contributed by atoms with Crippen LogP contribution in [0.25, 0.3) is 11.0 Å². The maximum atomic E-state index is 14.8. The molecule has 0 bridgehead atoms. The lowest BCUT2D eigenvalue weighted by Crippen LogP contribution is -2.52. The van der Waals surface area contributed by atoms with E-state index in [2.05, 4.69) is 0 Å². The highest BCUT2D eigenvalue weighted by atomic mass is 35.5. The zero-order valence-corrected chi connectivity index (χ0v) is 21.7. The third-order valence-corrected chi connectivity index (χ3v) is 8.05. The highest BCUT2D eigenvalue weighted by Gasteiger charge is 2.65. The minimum Gasteiger partial charge on any atom is -0.450 e. The molecular weight excluding hydrogens is 531 g/mol. The van der Waals surface area contributed by atoms with Crippen molar-refractivity contribution < 1.29 is 18.4 Å². The van der Waals surface area contributed by atoms with Gasteiger partial charge in [0.1, 0.15) is 11.4 Å². The van der Waals surface area contributed by atoms with Crippen LogP contribution < -0.4 is 10.3 Å². The van der Waals surface area contributed by atoms with Crippen LogP contribution in [0.2, 0.25) is 5.02 Å². The van der Waals surface area contributed by atoms with E-state index in [-0.39, 0.29) is 35.4 Å². The Balaban J connectivity index is 1.51. The van der Waals surface area contributed by atoms with Crippen LogP contribution in [0.1, 0.15) is 32.8 Å². The highest BCUT2D eigenvalue weighted by molar-refractivity contribution is 6.31. The average Bonchev–Trinajstić information content (AvgIpc) is 3.36. The van der Waals surface area contributed by atoms with Gasteiger partial charge in [0.05, 0.1) is 23.2 Å². The van der Waals surface area contributed by atoms with Gasteiger partial charge in [0, 0.05) is 17.1 Å². The monoisotopic (exact) mass is 550 g/mol. The van der Waals surface area contributed by atoms with Crippen LogP contribution >= 0.6 is 11.6 Å². The molecule has 0 N–H and O–H groups in total. The van der Waals surface area contributed by atoms with Gasteiger partial charge in [-0.1, -0.05) is 72.3 Å². The molecule has 0 saturated carbocycles. The smallest absolute Gasteiger partial charge is 0.291 e. The summed E-state index contributed by atoms with van der Waals surface area (Å²) in [5.41, 5.74) is 0.354. The molecule has 8 heteroatoms. The predicted molar refractivity (Wildman–Crippen MR) is 149 cm³/mol. The molecule has 40 heavy (non-hydrogen) atoms. The summed E-state index contributed by atoms with van der Waals surface area (Å²) in [4.78, 5) is 46.0. The maximum Gasteiger partial charge on any atom is 0.291 e. The number of nitrogens with zero attached hydrogens (tertiary/aromatic N) is 2. The lowest BCUT2D eigenvalue weighted by Gasteiger charge is -2.34. The Labute approximate surface area is 232 Å². The Hall–Kier alpha value is -4.75. The first-order valence-electron chi connectivity index (χ1n) is 12.7. The number of rotatable bonds is 4. The standard InChI is InChI=1S/C32H20ClFN2O4/c33-24-10-4-1-7-20(24)18-35-25-11-5-3-9-23(25)32(31(35)39)27-28(37)22-8-2-6-12-26(22)40-29(27)30(38)36(32)17-19-13-15-21(34)16-14-19/h1-16H,17-18H2. The summed E-state index contributed by atoms with van der Waals surface area (Å²) < 4.78 is 19.8. The fraction of sp³-hybridized carbons (Fsp3) is 0.0938. The Bertz CT molecular complexity index is 1920. The normalized spacial score (nSPS) is 17.6. The van der Waals surface area contributed by atoms with E-state index in [0.29, 0.717) is 27.4 Å². The Morgan fingerprint density at radius 3 is 2.30 bits per heavy atom. The SMILES string of the molecule is O=C1c2oc3ccccc3c(=O)c2C2(C(=O)N(Cc3ccccc3Cl)c3ccccc32)N1Cc1ccc(F)cc1. The molecule has 5 aromatic rings.